The Morgan fingerprint density at radius 3 is 2.56 bits per heavy atom. The molecule has 4 rings (SSSR count). The maximum atomic E-state index is 14.6. The van der Waals surface area contributed by atoms with E-state index in [2.05, 4.69) is 35.6 Å². The van der Waals surface area contributed by atoms with Crippen molar-refractivity contribution < 1.29 is 9.18 Å². The maximum absolute atomic E-state index is 14.6. The van der Waals surface area contributed by atoms with Gasteiger partial charge in [0.15, 0.2) is 0 Å². The molecule has 1 amide bonds. The average Bonchev–Trinajstić information content (AvgIpc) is 2.87. The van der Waals surface area contributed by atoms with E-state index in [1.165, 1.54) is 31.7 Å². The van der Waals surface area contributed by atoms with E-state index in [0.717, 1.165) is 23.4 Å². The summed E-state index contributed by atoms with van der Waals surface area (Å²) in [4.78, 5) is 33.8. The molecule has 0 spiro atoms. The topological polar surface area (TPSA) is 106 Å². The summed E-state index contributed by atoms with van der Waals surface area (Å²) in [6, 6.07) is 6.45. The number of hydrogen-bond acceptors (Lipinski definition) is 7. The van der Waals surface area contributed by atoms with E-state index in [4.69, 9.17) is 0 Å². The highest BCUT2D eigenvalue weighted by Gasteiger charge is 2.18. The molecule has 1 aromatic carbocycles. The van der Waals surface area contributed by atoms with Gasteiger partial charge in [0.2, 0.25) is 0 Å². The summed E-state index contributed by atoms with van der Waals surface area (Å²) in [6.07, 6.45) is 7.28. The van der Waals surface area contributed by atoms with Crippen LogP contribution in [0.3, 0.4) is 0 Å². The van der Waals surface area contributed by atoms with Gasteiger partial charge in [0.05, 0.1) is 16.8 Å². The number of benzene rings is 1. The van der Waals surface area contributed by atoms with Gasteiger partial charge in [-0.1, -0.05) is 19.9 Å². The zero-order valence-electron chi connectivity index (χ0n) is 19.1. The molecule has 0 fully saturated rings. The van der Waals surface area contributed by atoms with Crippen LogP contribution in [0.5, 0.6) is 0 Å². The van der Waals surface area contributed by atoms with E-state index < -0.39 is 5.82 Å². The number of rotatable bonds is 7. The molecule has 10 heteroatoms. The molecule has 0 saturated carbocycles. The van der Waals surface area contributed by atoms with Crippen LogP contribution in [0.25, 0.3) is 22.2 Å². The van der Waals surface area contributed by atoms with E-state index >= 15 is 0 Å². The summed E-state index contributed by atoms with van der Waals surface area (Å²) in [5.41, 5.74) is 3.09. The maximum Gasteiger partial charge on any atom is 0.251 e. The van der Waals surface area contributed by atoms with Crippen molar-refractivity contribution in [2.75, 3.05) is 18.9 Å². The van der Waals surface area contributed by atoms with Crippen molar-refractivity contribution in [3.63, 3.8) is 0 Å². The fourth-order valence-corrected chi connectivity index (χ4v) is 3.62. The highest BCUT2D eigenvalue weighted by atomic mass is 32.1. The Morgan fingerprint density at radius 1 is 1.09 bits per heavy atom. The van der Waals surface area contributed by atoms with E-state index in [1.54, 1.807) is 18.5 Å². The lowest BCUT2D eigenvalue weighted by molar-refractivity contribution is 0.0964. The number of hydrogen-bond donors (Lipinski definition) is 2. The molecule has 4 aromatic rings. The van der Waals surface area contributed by atoms with E-state index in [-0.39, 0.29) is 36.3 Å². The summed E-state index contributed by atoms with van der Waals surface area (Å²) < 4.78 is 14.6. The number of pyridine rings is 1. The highest BCUT2D eigenvalue weighted by Crippen LogP contribution is 2.29. The first-order valence-electron chi connectivity index (χ1n) is 10.7. The molecule has 0 saturated heterocycles. The van der Waals surface area contributed by atoms with E-state index in [0.29, 0.717) is 23.6 Å². The van der Waals surface area contributed by atoms with Crippen molar-refractivity contribution in [2.24, 2.45) is 0 Å². The van der Waals surface area contributed by atoms with Crippen LogP contribution in [0.2, 0.25) is 0 Å². The fourth-order valence-electron chi connectivity index (χ4n) is 3.62. The van der Waals surface area contributed by atoms with Crippen molar-refractivity contribution in [1.82, 2.24) is 30.2 Å². The molecule has 0 aliphatic heterocycles. The second kappa shape index (κ2) is 11.0. The number of fused-ring (bicyclic) bond motifs is 1. The SMILES string of the molecule is CCc1ncc(-c2cc(NC[C@@H](C)c3ccc(F)c4c(C(=O)NC)ccnc34)ncn2)cn1.S. The Balaban J connectivity index is 0.00000324. The summed E-state index contributed by atoms with van der Waals surface area (Å²) in [5, 5.41) is 6.09. The third-order valence-corrected chi connectivity index (χ3v) is 5.45. The van der Waals surface area contributed by atoms with Crippen LogP contribution in [-0.4, -0.2) is 44.4 Å². The van der Waals surface area contributed by atoms with Gasteiger partial charge < -0.3 is 10.6 Å². The van der Waals surface area contributed by atoms with Crippen LogP contribution < -0.4 is 10.6 Å². The Hall–Kier alpha value is -3.66. The number of aryl methyl sites for hydroxylation is 1. The molecule has 0 unspecified atom stereocenters. The van der Waals surface area contributed by atoms with Gasteiger partial charge in [0.1, 0.15) is 23.8 Å². The largest absolute Gasteiger partial charge is 0.369 e. The minimum atomic E-state index is -0.475. The smallest absolute Gasteiger partial charge is 0.251 e. The normalized spacial score (nSPS) is 11.5. The zero-order chi connectivity index (χ0) is 23.4. The third-order valence-electron chi connectivity index (χ3n) is 5.45. The predicted octanol–water partition coefficient (Wildman–Crippen LogP) is 3.87. The number of nitrogens with zero attached hydrogens (tertiary/aromatic N) is 5. The van der Waals surface area contributed by atoms with Crippen molar-refractivity contribution >= 4 is 36.1 Å². The van der Waals surface area contributed by atoms with Crippen LogP contribution in [0, 0.1) is 5.82 Å². The molecule has 176 valence electrons. The summed E-state index contributed by atoms with van der Waals surface area (Å²) >= 11 is 0. The van der Waals surface area contributed by atoms with Crippen LogP contribution in [0.1, 0.15) is 41.5 Å². The van der Waals surface area contributed by atoms with Crippen molar-refractivity contribution in [3.05, 3.63) is 72.0 Å². The lowest BCUT2D eigenvalue weighted by atomic mass is 9.95. The van der Waals surface area contributed by atoms with Crippen LogP contribution in [0.4, 0.5) is 10.2 Å². The molecule has 0 bridgehead atoms. The predicted molar refractivity (Wildman–Crippen MR) is 135 cm³/mol. The molecule has 2 N–H and O–H groups in total. The lowest BCUT2D eigenvalue weighted by Crippen LogP contribution is -2.19. The molecule has 1 atom stereocenters. The number of halogens is 1. The summed E-state index contributed by atoms with van der Waals surface area (Å²) in [5.74, 6) is 0.564. The van der Waals surface area contributed by atoms with Crippen molar-refractivity contribution in [2.45, 2.75) is 26.2 Å². The second-order valence-electron chi connectivity index (χ2n) is 7.61. The number of anilines is 1. The fraction of sp³-hybridized carbons (Fsp3) is 0.250. The number of aromatic nitrogens is 5. The number of amides is 1. The van der Waals surface area contributed by atoms with Crippen molar-refractivity contribution in [3.8, 4) is 11.3 Å². The minimum absolute atomic E-state index is 0. The van der Waals surface area contributed by atoms with Gasteiger partial charge in [-0.05, 0) is 17.7 Å². The van der Waals surface area contributed by atoms with Gasteiger partial charge in [-0.2, -0.15) is 13.5 Å². The summed E-state index contributed by atoms with van der Waals surface area (Å²) in [7, 11) is 1.52. The molecule has 0 radical (unpaired) electrons. The Labute approximate surface area is 203 Å². The van der Waals surface area contributed by atoms with Gasteiger partial charge >= 0.3 is 0 Å². The van der Waals surface area contributed by atoms with Gasteiger partial charge in [-0.3, -0.25) is 9.78 Å². The monoisotopic (exact) mass is 479 g/mol. The lowest BCUT2D eigenvalue weighted by Gasteiger charge is -2.17. The number of nitrogens with one attached hydrogen (secondary N) is 2. The Bertz CT molecular complexity index is 1300. The molecule has 34 heavy (non-hydrogen) atoms. The quantitative estimate of drug-likeness (QED) is 0.414. The first-order chi connectivity index (χ1) is 16.0. The second-order valence-corrected chi connectivity index (χ2v) is 7.61. The molecule has 0 aliphatic rings. The molecule has 3 heterocycles. The molecular weight excluding hydrogens is 453 g/mol. The highest BCUT2D eigenvalue weighted by molar-refractivity contribution is 7.59. The van der Waals surface area contributed by atoms with Gasteiger partial charge in [-0.25, -0.2) is 24.3 Å². The van der Waals surface area contributed by atoms with Gasteiger partial charge in [-0.15, -0.1) is 0 Å². The first kappa shape index (κ1) is 25.0. The summed E-state index contributed by atoms with van der Waals surface area (Å²) in [6.45, 7) is 4.53. The Kier molecular flexibility index (Phi) is 8.06. The minimum Gasteiger partial charge on any atom is -0.369 e. The molecule has 0 aliphatic carbocycles. The molecular formula is C24H26FN7OS. The number of carbonyl (C=O) groups excluding carboxylic acids is 1. The average molecular weight is 480 g/mol. The Morgan fingerprint density at radius 2 is 1.85 bits per heavy atom. The van der Waals surface area contributed by atoms with Gasteiger partial charge in [0, 0.05) is 61.5 Å². The zero-order valence-corrected chi connectivity index (χ0v) is 20.1. The molecule has 8 nitrogen and oxygen atoms in total. The first-order valence-corrected chi connectivity index (χ1v) is 10.7. The molecule has 3 aromatic heterocycles. The van der Waals surface area contributed by atoms with Crippen LogP contribution in [-0.2, 0) is 6.42 Å². The van der Waals surface area contributed by atoms with E-state index in [1.807, 2.05) is 19.9 Å². The van der Waals surface area contributed by atoms with Crippen LogP contribution >= 0.6 is 13.5 Å². The number of carbonyl (C=O) groups is 1. The standard InChI is InChI=1S/C24H24FN7O.H2S/c1-4-20-29-11-15(12-30-20)19-9-21(32-13-31-19)28-10-14(2)16-5-6-18(25)22-17(24(33)26-3)7-8-27-23(16)22;/h5-9,11-14H,4,10H2,1-3H3,(H,26,33)(H,28,31,32);1H2/t14-;/m1./s1. The van der Waals surface area contributed by atoms with Gasteiger partial charge in [0.25, 0.3) is 5.91 Å². The third kappa shape index (κ3) is 5.12. The van der Waals surface area contributed by atoms with Crippen LogP contribution in [0.15, 0.2) is 49.2 Å². The van der Waals surface area contributed by atoms with E-state index in [9.17, 15) is 9.18 Å². The van der Waals surface area contributed by atoms with Crippen molar-refractivity contribution in [1.29, 1.82) is 0 Å².